The molecule has 0 N–H and O–H groups in total. The van der Waals surface area contributed by atoms with Crippen LogP contribution >= 0.6 is 0 Å². The number of nitrogens with zero attached hydrogens (tertiary/aromatic N) is 4. The summed E-state index contributed by atoms with van der Waals surface area (Å²) in [5, 5.41) is 5.49. The van der Waals surface area contributed by atoms with Crippen molar-refractivity contribution in [3.05, 3.63) is 146 Å². The van der Waals surface area contributed by atoms with Crippen molar-refractivity contribution in [1.29, 1.82) is 0 Å². The van der Waals surface area contributed by atoms with E-state index in [4.69, 9.17) is 15.0 Å². The van der Waals surface area contributed by atoms with Crippen LogP contribution in [-0.2, 0) is 0 Å². The highest BCUT2D eigenvalue weighted by Gasteiger charge is 2.15. The van der Waals surface area contributed by atoms with E-state index in [1.54, 1.807) is 0 Å². The summed E-state index contributed by atoms with van der Waals surface area (Å²) >= 11 is 0. The van der Waals surface area contributed by atoms with E-state index >= 15 is 0 Å². The van der Waals surface area contributed by atoms with E-state index < -0.39 is 0 Å². The number of pyridine rings is 4. The molecule has 0 unspecified atom stereocenters. The zero-order valence-corrected chi connectivity index (χ0v) is 23.6. The van der Waals surface area contributed by atoms with Gasteiger partial charge < -0.3 is 0 Å². The van der Waals surface area contributed by atoms with Crippen molar-refractivity contribution in [3.8, 4) is 33.6 Å². The number of rotatable bonds is 3. The highest BCUT2D eigenvalue weighted by Crippen LogP contribution is 2.37. The van der Waals surface area contributed by atoms with Crippen LogP contribution in [0.3, 0.4) is 0 Å². The molecule has 45 heavy (non-hydrogen) atoms. The summed E-state index contributed by atoms with van der Waals surface area (Å²) in [6, 6.07) is 48.4. The predicted molar refractivity (Wildman–Crippen MR) is 188 cm³/mol. The van der Waals surface area contributed by atoms with Gasteiger partial charge in [-0.25, -0.2) is 15.0 Å². The average molecular weight is 577 g/mol. The van der Waals surface area contributed by atoms with Gasteiger partial charge in [0.1, 0.15) is 0 Å². The number of fused-ring (bicyclic) bond motifs is 7. The molecule has 0 spiro atoms. The van der Waals surface area contributed by atoms with E-state index in [1.807, 2.05) is 18.3 Å². The highest BCUT2D eigenvalue weighted by molar-refractivity contribution is 6.16. The lowest BCUT2D eigenvalue weighted by atomic mass is 9.95. The van der Waals surface area contributed by atoms with E-state index in [9.17, 15) is 0 Å². The molecule has 4 aromatic heterocycles. The molecule has 4 nitrogen and oxygen atoms in total. The van der Waals surface area contributed by atoms with Crippen molar-refractivity contribution in [2.45, 2.75) is 7.43 Å². The minimum Gasteiger partial charge on any atom is -0.254 e. The Hall–Kier alpha value is -6.00. The Morgan fingerprint density at radius 3 is 1.64 bits per heavy atom. The fourth-order valence-electron chi connectivity index (χ4n) is 6.31. The lowest BCUT2D eigenvalue weighted by Gasteiger charge is -2.13. The van der Waals surface area contributed by atoms with Gasteiger partial charge in [-0.3, -0.25) is 4.98 Å². The second kappa shape index (κ2) is 10.6. The molecule has 212 valence electrons. The molecule has 0 amide bonds. The first-order valence-corrected chi connectivity index (χ1v) is 14.7. The van der Waals surface area contributed by atoms with Crippen molar-refractivity contribution in [2.24, 2.45) is 0 Å². The van der Waals surface area contributed by atoms with Crippen LogP contribution in [-0.4, -0.2) is 19.9 Å². The Labute approximate surface area is 260 Å². The first kappa shape index (κ1) is 26.6. The summed E-state index contributed by atoms with van der Waals surface area (Å²) in [7, 11) is 0. The third-order valence-corrected chi connectivity index (χ3v) is 8.48. The molecule has 0 atom stereocenters. The van der Waals surface area contributed by atoms with Crippen molar-refractivity contribution >= 4 is 54.5 Å². The molecular weight excluding hydrogens is 548 g/mol. The van der Waals surface area contributed by atoms with Crippen molar-refractivity contribution in [1.82, 2.24) is 19.9 Å². The monoisotopic (exact) mass is 576 g/mol. The molecular formula is C41H28N4. The van der Waals surface area contributed by atoms with Gasteiger partial charge in [-0.05, 0) is 29.8 Å². The van der Waals surface area contributed by atoms with Gasteiger partial charge in [0.2, 0.25) is 0 Å². The van der Waals surface area contributed by atoms with E-state index in [-0.39, 0.29) is 7.43 Å². The molecule has 0 bridgehead atoms. The van der Waals surface area contributed by atoms with Crippen LogP contribution in [0, 0.1) is 0 Å². The van der Waals surface area contributed by atoms with Crippen LogP contribution in [0.15, 0.2) is 146 Å². The number of hydrogen-bond donors (Lipinski definition) is 0. The smallest absolute Gasteiger partial charge is 0.0978 e. The van der Waals surface area contributed by atoms with Gasteiger partial charge in [-0.15, -0.1) is 0 Å². The summed E-state index contributed by atoms with van der Waals surface area (Å²) in [5.41, 5.74) is 10.9. The number of benzene rings is 5. The van der Waals surface area contributed by atoms with Gasteiger partial charge in [0, 0.05) is 49.8 Å². The maximum Gasteiger partial charge on any atom is 0.0978 e. The van der Waals surface area contributed by atoms with E-state index in [1.165, 1.54) is 11.1 Å². The number of aromatic nitrogens is 4. The first-order valence-electron chi connectivity index (χ1n) is 14.7. The third-order valence-electron chi connectivity index (χ3n) is 8.48. The van der Waals surface area contributed by atoms with E-state index in [0.717, 1.165) is 77.0 Å². The Morgan fingerprint density at radius 2 is 0.933 bits per heavy atom. The second-order valence-electron chi connectivity index (χ2n) is 11.1. The molecule has 0 fully saturated rings. The molecule has 4 heteroatoms. The summed E-state index contributed by atoms with van der Waals surface area (Å²) in [6.45, 7) is 0. The van der Waals surface area contributed by atoms with Crippen molar-refractivity contribution in [2.75, 3.05) is 0 Å². The molecule has 0 aliphatic carbocycles. The molecule has 5 aromatic carbocycles. The number of hydrogen-bond acceptors (Lipinski definition) is 4. The minimum atomic E-state index is 0. The van der Waals surface area contributed by atoms with Gasteiger partial charge >= 0.3 is 0 Å². The average Bonchev–Trinajstić information content (AvgIpc) is 3.10. The molecule has 0 saturated carbocycles. The van der Waals surface area contributed by atoms with Crippen LogP contribution in [0.5, 0.6) is 0 Å². The zero-order chi connectivity index (χ0) is 29.0. The van der Waals surface area contributed by atoms with Crippen LogP contribution in [0.2, 0.25) is 0 Å². The van der Waals surface area contributed by atoms with Crippen molar-refractivity contribution < 1.29 is 0 Å². The van der Waals surface area contributed by atoms with Gasteiger partial charge in [-0.1, -0.05) is 123 Å². The summed E-state index contributed by atoms with van der Waals surface area (Å²) in [5.74, 6) is 0. The fraction of sp³-hybridized carbons (Fsp3) is 0.0244. The number of para-hydroxylation sites is 1. The normalized spacial score (nSPS) is 11.4. The van der Waals surface area contributed by atoms with Crippen LogP contribution in [0.1, 0.15) is 7.43 Å². The van der Waals surface area contributed by atoms with Gasteiger partial charge in [0.05, 0.1) is 39.0 Å². The minimum absolute atomic E-state index is 0. The summed E-state index contributed by atoms with van der Waals surface area (Å²) in [6.07, 6.45) is 1.82. The zero-order valence-electron chi connectivity index (χ0n) is 23.6. The first-order chi connectivity index (χ1) is 21.8. The quantitative estimate of drug-likeness (QED) is 0.155. The van der Waals surface area contributed by atoms with Crippen LogP contribution in [0.4, 0.5) is 0 Å². The molecule has 0 aliphatic rings. The summed E-state index contributed by atoms with van der Waals surface area (Å²) < 4.78 is 0. The Morgan fingerprint density at radius 1 is 0.356 bits per heavy atom. The van der Waals surface area contributed by atoms with Crippen LogP contribution < -0.4 is 0 Å². The lowest BCUT2D eigenvalue weighted by molar-refractivity contribution is 1.36. The molecule has 4 heterocycles. The lowest BCUT2D eigenvalue weighted by Crippen LogP contribution is -1.93. The van der Waals surface area contributed by atoms with Crippen molar-refractivity contribution in [3.63, 3.8) is 0 Å². The third kappa shape index (κ3) is 4.38. The predicted octanol–water partition coefficient (Wildman–Crippen LogP) is 10.7. The standard InChI is InChI=1S/C40H24N4.CH4/c1-2-7-27(8-3-1)36-31-10-4-5-11-35(31)44-40-32(36)21-18-30-20-23-34(43-39(30)40)26-14-12-25(13-15-26)33-22-19-29-17-16-28-9-6-24-41-37(28)38(29)42-33;/h1-24H;1H4. The Balaban J connectivity index is 0.00000300. The molecule has 0 aliphatic heterocycles. The largest absolute Gasteiger partial charge is 0.254 e. The van der Waals surface area contributed by atoms with Crippen LogP contribution in [0.25, 0.3) is 88.2 Å². The SMILES string of the molecule is C.c1ccc(-c2c3ccccc3nc3c2ccc2ccc(-c4ccc(-c5ccc6ccc7cccnc7c6n5)cc4)nc23)cc1. The van der Waals surface area contributed by atoms with Gasteiger partial charge in [0.25, 0.3) is 0 Å². The Kier molecular flexibility index (Phi) is 6.28. The van der Waals surface area contributed by atoms with Gasteiger partial charge in [-0.2, -0.15) is 0 Å². The second-order valence-corrected chi connectivity index (χ2v) is 11.1. The van der Waals surface area contributed by atoms with E-state index in [0.29, 0.717) is 0 Å². The molecule has 0 saturated heterocycles. The molecule has 9 aromatic rings. The van der Waals surface area contributed by atoms with Gasteiger partial charge in [0.15, 0.2) is 0 Å². The highest BCUT2D eigenvalue weighted by atomic mass is 14.8. The summed E-state index contributed by atoms with van der Waals surface area (Å²) in [4.78, 5) is 20.0. The molecule has 9 rings (SSSR count). The molecule has 0 radical (unpaired) electrons. The van der Waals surface area contributed by atoms with E-state index in [2.05, 4.69) is 132 Å². The Bertz CT molecular complexity index is 2540. The fourth-order valence-corrected chi connectivity index (χ4v) is 6.31. The topological polar surface area (TPSA) is 51.6 Å². The maximum atomic E-state index is 5.21. The maximum absolute atomic E-state index is 5.21.